The Morgan fingerprint density at radius 2 is 1.62 bits per heavy atom. The van der Waals surface area contributed by atoms with E-state index >= 15 is 0 Å². The first-order valence-electron chi connectivity index (χ1n) is 13.6. The molecule has 1 saturated heterocycles. The number of anilines is 3. The van der Waals surface area contributed by atoms with Gasteiger partial charge in [0.1, 0.15) is 11.8 Å². The summed E-state index contributed by atoms with van der Waals surface area (Å²) in [6, 6.07) is 18.3. The van der Waals surface area contributed by atoms with E-state index in [1.807, 2.05) is 43.3 Å². The van der Waals surface area contributed by atoms with Gasteiger partial charge in [-0.25, -0.2) is 4.90 Å². The zero-order valence-corrected chi connectivity index (χ0v) is 26.1. The fourth-order valence-electron chi connectivity index (χ4n) is 5.61. The Kier molecular flexibility index (Phi) is 8.04. The summed E-state index contributed by atoms with van der Waals surface area (Å²) in [6.45, 7) is -0.587. The Morgan fingerprint density at radius 3 is 2.27 bits per heavy atom. The van der Waals surface area contributed by atoms with Gasteiger partial charge in [0.05, 0.1) is 27.9 Å². The van der Waals surface area contributed by atoms with E-state index in [9.17, 15) is 32.3 Å². The van der Waals surface area contributed by atoms with Crippen LogP contribution in [0, 0.1) is 5.92 Å². The van der Waals surface area contributed by atoms with Crippen molar-refractivity contribution in [1.29, 1.82) is 0 Å². The van der Waals surface area contributed by atoms with Crippen LogP contribution in [0.15, 0.2) is 82.6 Å². The summed E-state index contributed by atoms with van der Waals surface area (Å²) in [6.07, 6.45) is -4.70. The first-order valence-corrected chi connectivity index (χ1v) is 15.7. The van der Waals surface area contributed by atoms with Gasteiger partial charge in [0.15, 0.2) is 0 Å². The molecule has 6 rings (SSSR count). The van der Waals surface area contributed by atoms with E-state index in [2.05, 4.69) is 5.32 Å². The minimum Gasteiger partial charge on any atom is -0.378 e. The summed E-state index contributed by atoms with van der Waals surface area (Å²) in [5.74, 6) is -3.30. The molecule has 1 fully saturated rings. The molecule has 3 aromatic carbocycles. The van der Waals surface area contributed by atoms with Gasteiger partial charge in [-0.15, -0.1) is 0 Å². The largest absolute Gasteiger partial charge is 0.418 e. The van der Waals surface area contributed by atoms with E-state index < -0.39 is 63.7 Å². The van der Waals surface area contributed by atoms with Crippen molar-refractivity contribution in [2.75, 3.05) is 29.2 Å². The SMILES string of the molecule is CN(C)c1ccc(C2c3sc(=O)n(CC(=O)Nc4ccccc4C(F)(F)F)c3SC3C(=O)N(c4ccc(Cl)cc4)C(=O)C32)cc1. The van der Waals surface area contributed by atoms with Gasteiger partial charge in [-0.05, 0) is 54.1 Å². The van der Waals surface area contributed by atoms with Gasteiger partial charge in [-0.3, -0.25) is 23.7 Å². The standard InChI is InChI=1S/C31H24ClF3N4O4S2/c1-37(2)18-11-7-16(8-12-18)23-24-25(28(42)39(27(24)41)19-13-9-17(32)10-14-19)44-29-26(23)45-30(43)38(29)15-22(40)36-21-6-4-3-5-20(21)31(33,34)35/h3-14,23-25H,15H2,1-2H3,(H,36,40). The van der Waals surface area contributed by atoms with Crippen LogP contribution < -0.4 is 20.0 Å². The molecule has 2 aliphatic rings. The summed E-state index contributed by atoms with van der Waals surface area (Å²) in [5, 5.41) is 2.11. The van der Waals surface area contributed by atoms with E-state index in [4.69, 9.17) is 11.6 Å². The fourth-order valence-corrected chi connectivity index (χ4v) is 8.51. The number of amides is 3. The summed E-state index contributed by atoms with van der Waals surface area (Å²) in [4.78, 5) is 57.3. The van der Waals surface area contributed by atoms with Gasteiger partial charge >= 0.3 is 11.0 Å². The molecule has 232 valence electrons. The average Bonchev–Trinajstić information content (AvgIpc) is 3.43. The first kappa shape index (κ1) is 30.9. The van der Waals surface area contributed by atoms with Crippen LogP contribution in [0.4, 0.5) is 30.2 Å². The summed E-state index contributed by atoms with van der Waals surface area (Å²) in [5.41, 5.74) is 0.504. The Balaban J connectivity index is 1.40. The minimum atomic E-state index is -4.70. The minimum absolute atomic E-state index is 0.325. The molecule has 3 atom stereocenters. The molecule has 4 aromatic rings. The number of rotatable bonds is 6. The van der Waals surface area contributed by atoms with Crippen LogP contribution in [0.5, 0.6) is 0 Å². The highest BCUT2D eigenvalue weighted by Gasteiger charge is 2.56. The molecular formula is C31H24ClF3N4O4S2. The molecular weight excluding hydrogens is 649 g/mol. The number of carbonyl (C=O) groups excluding carboxylic acids is 3. The van der Waals surface area contributed by atoms with Crippen molar-refractivity contribution in [3.8, 4) is 0 Å². The maximum absolute atomic E-state index is 14.0. The van der Waals surface area contributed by atoms with Crippen LogP contribution in [0.1, 0.15) is 21.9 Å². The second-order valence-corrected chi connectivity index (χ2v) is 13.3. The van der Waals surface area contributed by atoms with Crippen LogP contribution in [0.2, 0.25) is 5.02 Å². The van der Waals surface area contributed by atoms with Crippen LogP contribution in [-0.2, 0) is 27.1 Å². The van der Waals surface area contributed by atoms with E-state index in [0.29, 0.717) is 26.2 Å². The molecule has 3 heterocycles. The number of fused-ring (bicyclic) bond motifs is 2. The molecule has 0 radical (unpaired) electrons. The number of hydrogen-bond donors (Lipinski definition) is 1. The summed E-state index contributed by atoms with van der Waals surface area (Å²) >= 11 is 7.91. The van der Waals surface area contributed by atoms with Gasteiger partial charge in [0, 0.05) is 35.6 Å². The van der Waals surface area contributed by atoms with Crippen molar-refractivity contribution >= 4 is 69.5 Å². The first-order chi connectivity index (χ1) is 21.3. The van der Waals surface area contributed by atoms with E-state index in [-0.39, 0.29) is 0 Å². The zero-order valence-electron chi connectivity index (χ0n) is 23.7. The Hall–Kier alpha value is -4.07. The number of para-hydroxylation sites is 1. The molecule has 0 saturated carbocycles. The maximum atomic E-state index is 14.0. The highest BCUT2D eigenvalue weighted by Crippen LogP contribution is 2.54. The van der Waals surface area contributed by atoms with Gasteiger partial charge < -0.3 is 10.2 Å². The Bertz CT molecular complexity index is 1870. The molecule has 1 N–H and O–H groups in total. The van der Waals surface area contributed by atoms with Crippen LogP contribution in [0.3, 0.4) is 0 Å². The highest BCUT2D eigenvalue weighted by molar-refractivity contribution is 8.00. The number of thioether (sulfide) groups is 1. The van der Waals surface area contributed by atoms with Crippen molar-refractivity contribution in [3.63, 3.8) is 0 Å². The number of alkyl halides is 3. The van der Waals surface area contributed by atoms with E-state index in [1.165, 1.54) is 12.1 Å². The van der Waals surface area contributed by atoms with Gasteiger partial charge in [-0.1, -0.05) is 59.0 Å². The summed E-state index contributed by atoms with van der Waals surface area (Å²) in [7, 11) is 3.77. The van der Waals surface area contributed by atoms with Crippen molar-refractivity contribution in [2.24, 2.45) is 5.92 Å². The Labute approximate surface area is 268 Å². The van der Waals surface area contributed by atoms with Crippen LogP contribution in [-0.4, -0.2) is 41.6 Å². The number of thiazole rings is 1. The lowest BCUT2D eigenvalue weighted by Crippen LogP contribution is -2.33. The fraction of sp³-hybridized carbons (Fsp3) is 0.226. The van der Waals surface area contributed by atoms with Gasteiger partial charge in [0.25, 0.3) is 0 Å². The lowest BCUT2D eigenvalue weighted by atomic mass is 9.83. The van der Waals surface area contributed by atoms with Crippen molar-refractivity contribution in [3.05, 3.63) is 103 Å². The normalized spacial score (nSPS) is 19.3. The van der Waals surface area contributed by atoms with E-state index in [0.717, 1.165) is 50.4 Å². The molecule has 8 nitrogen and oxygen atoms in total. The molecule has 45 heavy (non-hydrogen) atoms. The van der Waals surface area contributed by atoms with Crippen LogP contribution >= 0.6 is 34.7 Å². The molecule has 0 spiro atoms. The highest BCUT2D eigenvalue weighted by atomic mass is 35.5. The quantitative estimate of drug-likeness (QED) is 0.250. The number of nitrogens with one attached hydrogen (secondary N) is 1. The number of hydrogen-bond acceptors (Lipinski definition) is 7. The molecule has 14 heteroatoms. The average molecular weight is 673 g/mol. The number of imide groups is 1. The molecule has 0 bridgehead atoms. The maximum Gasteiger partial charge on any atom is 0.418 e. The smallest absolute Gasteiger partial charge is 0.378 e. The van der Waals surface area contributed by atoms with Gasteiger partial charge in [0.2, 0.25) is 17.7 Å². The van der Waals surface area contributed by atoms with E-state index in [1.54, 1.807) is 24.3 Å². The van der Waals surface area contributed by atoms with Crippen molar-refractivity contribution < 1.29 is 27.6 Å². The summed E-state index contributed by atoms with van der Waals surface area (Å²) < 4.78 is 41.7. The predicted octanol–water partition coefficient (Wildman–Crippen LogP) is 6.08. The monoisotopic (exact) mass is 672 g/mol. The molecule has 0 aliphatic carbocycles. The van der Waals surface area contributed by atoms with Crippen molar-refractivity contribution in [2.45, 2.75) is 28.9 Å². The third-order valence-corrected chi connectivity index (χ3v) is 10.6. The lowest BCUT2D eigenvalue weighted by Gasteiger charge is -2.31. The van der Waals surface area contributed by atoms with Gasteiger partial charge in [-0.2, -0.15) is 13.2 Å². The Morgan fingerprint density at radius 1 is 0.956 bits per heavy atom. The van der Waals surface area contributed by atoms with Crippen LogP contribution in [0.25, 0.3) is 0 Å². The second-order valence-electron chi connectivity index (χ2n) is 10.7. The third kappa shape index (κ3) is 5.64. The number of aromatic nitrogens is 1. The second kappa shape index (κ2) is 11.7. The third-order valence-electron chi connectivity index (χ3n) is 7.71. The molecule has 1 aromatic heterocycles. The number of nitrogens with zero attached hydrogens (tertiary/aromatic N) is 3. The predicted molar refractivity (Wildman–Crippen MR) is 168 cm³/mol. The molecule has 2 aliphatic heterocycles. The number of carbonyl (C=O) groups is 3. The lowest BCUT2D eigenvalue weighted by molar-refractivity contribution is -0.137. The molecule has 3 amide bonds. The zero-order chi connectivity index (χ0) is 32.2. The number of halogens is 4. The number of benzene rings is 3. The van der Waals surface area contributed by atoms with Crippen molar-refractivity contribution in [1.82, 2.24) is 4.57 Å². The molecule has 3 unspecified atom stereocenters. The topological polar surface area (TPSA) is 91.7 Å².